The molecule has 1 unspecified atom stereocenters. The van der Waals surface area contributed by atoms with Crippen LogP contribution in [0.4, 0.5) is 10.5 Å². The van der Waals surface area contributed by atoms with E-state index in [2.05, 4.69) is 29.6 Å². The van der Waals surface area contributed by atoms with Crippen LogP contribution in [0.25, 0.3) is 0 Å². The zero-order chi connectivity index (χ0) is 23.6. The van der Waals surface area contributed by atoms with Crippen LogP contribution in [0.3, 0.4) is 0 Å². The standard InChI is InChI=1S/C26H25NO4S2/c1-18(25(28)29)15-16-19(2)31-26(30)27-23-13-6-7-14-24(23)33-22-12-8-11-21(17-22)32-20-9-4-3-5-10-20/h3-15,17,19H,16H2,1-2H3,(H,27,30)(H,28,29). The van der Waals surface area contributed by atoms with Gasteiger partial charge in [0, 0.05) is 31.6 Å². The van der Waals surface area contributed by atoms with Crippen LogP contribution < -0.4 is 5.32 Å². The van der Waals surface area contributed by atoms with E-state index in [4.69, 9.17) is 9.84 Å². The Hall–Kier alpha value is -3.16. The molecule has 0 radical (unpaired) electrons. The lowest BCUT2D eigenvalue weighted by Crippen LogP contribution is -2.20. The van der Waals surface area contributed by atoms with Crippen molar-refractivity contribution in [3.05, 3.63) is 90.5 Å². The minimum absolute atomic E-state index is 0.222. The molecule has 7 heteroatoms. The molecule has 170 valence electrons. The highest BCUT2D eigenvalue weighted by Crippen LogP contribution is 2.36. The minimum atomic E-state index is -0.983. The monoisotopic (exact) mass is 479 g/mol. The molecular formula is C26H25NO4S2. The van der Waals surface area contributed by atoms with Gasteiger partial charge in [-0.25, -0.2) is 9.59 Å². The number of hydrogen-bond acceptors (Lipinski definition) is 5. The normalized spacial score (nSPS) is 12.1. The van der Waals surface area contributed by atoms with Crippen LogP contribution in [0.5, 0.6) is 0 Å². The second-order valence-electron chi connectivity index (χ2n) is 7.26. The number of ether oxygens (including phenoxy) is 1. The Bertz CT molecular complexity index is 1130. The maximum absolute atomic E-state index is 12.4. The summed E-state index contributed by atoms with van der Waals surface area (Å²) in [4.78, 5) is 27.5. The highest BCUT2D eigenvalue weighted by Gasteiger charge is 2.13. The van der Waals surface area contributed by atoms with Gasteiger partial charge in [0.25, 0.3) is 0 Å². The zero-order valence-corrected chi connectivity index (χ0v) is 20.0. The van der Waals surface area contributed by atoms with Gasteiger partial charge in [0.05, 0.1) is 5.69 Å². The largest absolute Gasteiger partial charge is 0.478 e. The molecule has 0 aromatic heterocycles. The molecule has 2 N–H and O–H groups in total. The minimum Gasteiger partial charge on any atom is -0.478 e. The van der Waals surface area contributed by atoms with E-state index >= 15 is 0 Å². The number of rotatable bonds is 9. The lowest BCUT2D eigenvalue weighted by Gasteiger charge is -2.14. The van der Waals surface area contributed by atoms with E-state index in [0.717, 1.165) is 14.7 Å². The van der Waals surface area contributed by atoms with Crippen molar-refractivity contribution in [3.63, 3.8) is 0 Å². The summed E-state index contributed by atoms with van der Waals surface area (Å²) in [5, 5.41) is 11.7. The lowest BCUT2D eigenvalue weighted by molar-refractivity contribution is -0.132. The molecule has 0 fully saturated rings. The second-order valence-corrected chi connectivity index (χ2v) is 9.52. The summed E-state index contributed by atoms with van der Waals surface area (Å²) in [7, 11) is 0. The third-order valence-electron chi connectivity index (χ3n) is 4.54. The first-order valence-electron chi connectivity index (χ1n) is 10.4. The van der Waals surface area contributed by atoms with Gasteiger partial charge in [-0.1, -0.05) is 66.0 Å². The molecule has 0 spiro atoms. The second kappa shape index (κ2) is 12.2. The maximum atomic E-state index is 12.4. The van der Waals surface area contributed by atoms with E-state index in [1.807, 2.05) is 54.6 Å². The van der Waals surface area contributed by atoms with Crippen LogP contribution in [-0.2, 0) is 9.53 Å². The molecule has 0 aliphatic heterocycles. The fourth-order valence-corrected chi connectivity index (χ4v) is 4.75. The number of nitrogens with one attached hydrogen (secondary N) is 1. The molecule has 0 aliphatic carbocycles. The van der Waals surface area contributed by atoms with Gasteiger partial charge in [-0.15, -0.1) is 0 Å². The third kappa shape index (κ3) is 8.04. The highest BCUT2D eigenvalue weighted by atomic mass is 32.2. The fourth-order valence-electron chi connectivity index (χ4n) is 2.81. The molecule has 33 heavy (non-hydrogen) atoms. The summed E-state index contributed by atoms with van der Waals surface area (Å²) in [6.45, 7) is 3.23. The van der Waals surface area contributed by atoms with E-state index in [9.17, 15) is 9.59 Å². The number of benzene rings is 3. The van der Waals surface area contributed by atoms with Crippen molar-refractivity contribution in [2.75, 3.05) is 5.32 Å². The fraction of sp³-hybridized carbons (Fsp3) is 0.154. The van der Waals surface area contributed by atoms with Crippen LogP contribution in [0.1, 0.15) is 20.3 Å². The molecule has 5 nitrogen and oxygen atoms in total. The number of carbonyl (C=O) groups is 2. The number of anilines is 1. The van der Waals surface area contributed by atoms with Crippen molar-refractivity contribution in [1.82, 2.24) is 0 Å². The van der Waals surface area contributed by atoms with Gasteiger partial charge >= 0.3 is 12.1 Å². The Morgan fingerprint density at radius 2 is 1.58 bits per heavy atom. The molecule has 0 saturated carbocycles. The van der Waals surface area contributed by atoms with Crippen LogP contribution >= 0.6 is 23.5 Å². The van der Waals surface area contributed by atoms with E-state index in [1.54, 1.807) is 36.5 Å². The van der Waals surface area contributed by atoms with Crippen LogP contribution in [0, 0.1) is 0 Å². The van der Waals surface area contributed by atoms with Gasteiger partial charge in [-0.05, 0) is 56.3 Å². The number of carboxylic acid groups (broad SMARTS) is 1. The topological polar surface area (TPSA) is 75.6 Å². The Labute approximate surface area is 202 Å². The molecule has 1 amide bonds. The average Bonchev–Trinajstić information content (AvgIpc) is 2.79. The molecule has 0 heterocycles. The van der Waals surface area contributed by atoms with Gasteiger partial charge in [0.1, 0.15) is 6.10 Å². The lowest BCUT2D eigenvalue weighted by atomic mass is 10.2. The highest BCUT2D eigenvalue weighted by molar-refractivity contribution is 8.00. The molecule has 3 rings (SSSR count). The smallest absolute Gasteiger partial charge is 0.411 e. The molecular weight excluding hydrogens is 454 g/mol. The van der Waals surface area contributed by atoms with Gasteiger partial charge < -0.3 is 9.84 Å². The first-order chi connectivity index (χ1) is 15.9. The van der Waals surface area contributed by atoms with E-state index < -0.39 is 18.2 Å². The summed E-state index contributed by atoms with van der Waals surface area (Å²) in [6, 6.07) is 26.0. The SMILES string of the molecule is CC(=CCC(C)OC(=O)Nc1ccccc1Sc1cccc(Sc2ccccc2)c1)C(=O)O. The van der Waals surface area contributed by atoms with Crippen molar-refractivity contribution in [3.8, 4) is 0 Å². The number of aliphatic carboxylic acids is 1. The van der Waals surface area contributed by atoms with Crippen molar-refractivity contribution in [2.45, 2.75) is 46.0 Å². The molecule has 0 bridgehead atoms. The van der Waals surface area contributed by atoms with E-state index in [1.165, 1.54) is 11.8 Å². The van der Waals surface area contributed by atoms with Crippen LogP contribution in [0.2, 0.25) is 0 Å². The summed E-state index contributed by atoms with van der Waals surface area (Å²) < 4.78 is 5.37. The third-order valence-corrected chi connectivity index (χ3v) is 6.60. The van der Waals surface area contributed by atoms with E-state index in [0.29, 0.717) is 12.1 Å². The van der Waals surface area contributed by atoms with Crippen LogP contribution in [0.15, 0.2) is 110 Å². The predicted octanol–water partition coefficient (Wildman–Crippen LogP) is 7.35. The number of hydrogen-bond donors (Lipinski definition) is 2. The van der Waals surface area contributed by atoms with Gasteiger partial charge in [0.15, 0.2) is 0 Å². The molecule has 0 saturated heterocycles. The molecule has 3 aromatic carbocycles. The average molecular weight is 480 g/mol. The Kier molecular flexibility index (Phi) is 9.04. The number of carbonyl (C=O) groups excluding carboxylic acids is 1. The van der Waals surface area contributed by atoms with Gasteiger partial charge in [-0.3, -0.25) is 5.32 Å². The zero-order valence-electron chi connectivity index (χ0n) is 18.4. The number of amides is 1. The summed E-state index contributed by atoms with van der Waals surface area (Å²) in [6.07, 6.45) is 0.842. The van der Waals surface area contributed by atoms with Gasteiger partial charge in [0.2, 0.25) is 0 Å². The van der Waals surface area contributed by atoms with Crippen molar-refractivity contribution < 1.29 is 19.4 Å². The Morgan fingerprint density at radius 3 is 2.30 bits per heavy atom. The quantitative estimate of drug-likeness (QED) is 0.313. The molecule has 3 aromatic rings. The Morgan fingerprint density at radius 1 is 0.939 bits per heavy atom. The van der Waals surface area contributed by atoms with E-state index in [-0.39, 0.29) is 5.57 Å². The number of carboxylic acids is 1. The van der Waals surface area contributed by atoms with Crippen LogP contribution in [-0.4, -0.2) is 23.3 Å². The summed E-state index contributed by atoms with van der Waals surface area (Å²) >= 11 is 3.26. The predicted molar refractivity (Wildman–Crippen MR) is 133 cm³/mol. The van der Waals surface area contributed by atoms with Crippen molar-refractivity contribution >= 4 is 41.3 Å². The number of para-hydroxylation sites is 1. The maximum Gasteiger partial charge on any atom is 0.411 e. The van der Waals surface area contributed by atoms with Gasteiger partial charge in [-0.2, -0.15) is 0 Å². The first-order valence-corrected chi connectivity index (χ1v) is 12.0. The van der Waals surface area contributed by atoms with Crippen molar-refractivity contribution in [2.24, 2.45) is 0 Å². The van der Waals surface area contributed by atoms with Crippen molar-refractivity contribution in [1.29, 1.82) is 0 Å². The Balaban J connectivity index is 1.63. The molecule has 0 aliphatic rings. The molecule has 1 atom stereocenters. The first kappa shape index (κ1) is 24.5. The summed E-state index contributed by atoms with van der Waals surface area (Å²) in [5.74, 6) is -0.983. The summed E-state index contributed by atoms with van der Waals surface area (Å²) in [5.41, 5.74) is 0.873.